The van der Waals surface area contributed by atoms with Gasteiger partial charge in [0.1, 0.15) is 6.54 Å². The molecule has 6 heteroatoms. The standard InChI is InChI=1S/C5H4ClNO2S2/c6-3(8)1-7-4(9)2-11-5(7)10/h2,9H,1H2. The Morgan fingerprint density at radius 2 is 2.55 bits per heavy atom. The van der Waals surface area contributed by atoms with Gasteiger partial charge in [0, 0.05) is 0 Å². The third-order valence-electron chi connectivity index (χ3n) is 1.04. The average molecular weight is 210 g/mol. The van der Waals surface area contributed by atoms with Crippen LogP contribution in [0.1, 0.15) is 0 Å². The molecular formula is C5H4ClNO2S2. The quantitative estimate of drug-likeness (QED) is 0.596. The molecule has 1 N–H and O–H groups in total. The number of carbonyl (C=O) groups excluding carboxylic acids is 1. The van der Waals surface area contributed by atoms with Gasteiger partial charge in [-0.3, -0.25) is 9.36 Å². The van der Waals surface area contributed by atoms with Crippen molar-refractivity contribution in [3.8, 4) is 5.88 Å². The van der Waals surface area contributed by atoms with Crippen LogP contribution >= 0.6 is 35.2 Å². The van der Waals surface area contributed by atoms with E-state index in [9.17, 15) is 4.79 Å². The van der Waals surface area contributed by atoms with Gasteiger partial charge in [0.05, 0.1) is 5.38 Å². The number of rotatable bonds is 2. The third-order valence-corrected chi connectivity index (χ3v) is 2.42. The van der Waals surface area contributed by atoms with Crippen LogP contribution in [0.2, 0.25) is 0 Å². The lowest BCUT2D eigenvalue weighted by atomic mass is 10.7. The lowest BCUT2D eigenvalue weighted by molar-refractivity contribution is -0.112. The van der Waals surface area contributed by atoms with Crippen LogP contribution in [0, 0.1) is 3.95 Å². The summed E-state index contributed by atoms with van der Waals surface area (Å²) in [4.78, 5) is 10.4. The Hall–Kier alpha value is -0.390. The number of hydrogen-bond acceptors (Lipinski definition) is 4. The smallest absolute Gasteiger partial charge is 0.241 e. The van der Waals surface area contributed by atoms with E-state index in [1.807, 2.05) is 0 Å². The van der Waals surface area contributed by atoms with Crippen LogP contribution in [0.25, 0.3) is 0 Å². The molecule has 0 spiro atoms. The zero-order valence-electron chi connectivity index (χ0n) is 5.28. The van der Waals surface area contributed by atoms with Crippen molar-refractivity contribution in [3.05, 3.63) is 9.33 Å². The zero-order chi connectivity index (χ0) is 8.43. The second-order valence-electron chi connectivity index (χ2n) is 1.80. The molecule has 0 atom stereocenters. The SMILES string of the molecule is O=C(Cl)Cn1c(O)csc1=S. The highest BCUT2D eigenvalue weighted by molar-refractivity contribution is 7.73. The molecule has 0 fully saturated rings. The molecule has 1 rings (SSSR count). The highest BCUT2D eigenvalue weighted by Gasteiger charge is 2.04. The van der Waals surface area contributed by atoms with Crippen molar-refractivity contribution in [3.63, 3.8) is 0 Å². The second kappa shape index (κ2) is 3.34. The third kappa shape index (κ3) is 2.02. The largest absolute Gasteiger partial charge is 0.494 e. The molecule has 1 heterocycles. The van der Waals surface area contributed by atoms with Crippen molar-refractivity contribution in [1.82, 2.24) is 4.57 Å². The van der Waals surface area contributed by atoms with Gasteiger partial charge in [-0.25, -0.2) is 0 Å². The second-order valence-corrected chi connectivity index (χ2v) is 3.73. The maximum Gasteiger partial charge on any atom is 0.241 e. The van der Waals surface area contributed by atoms with Crippen LogP contribution in [-0.4, -0.2) is 14.9 Å². The van der Waals surface area contributed by atoms with E-state index >= 15 is 0 Å². The van der Waals surface area contributed by atoms with E-state index < -0.39 is 5.24 Å². The van der Waals surface area contributed by atoms with Crippen LogP contribution in [0.15, 0.2) is 5.38 Å². The summed E-state index contributed by atoms with van der Waals surface area (Å²) >= 11 is 11.1. The maximum absolute atomic E-state index is 10.4. The number of halogens is 1. The molecular weight excluding hydrogens is 206 g/mol. The first-order valence-corrected chi connectivity index (χ1v) is 4.33. The predicted octanol–water partition coefficient (Wildman–Crippen LogP) is 1.75. The highest BCUT2D eigenvalue weighted by Crippen LogP contribution is 2.16. The van der Waals surface area contributed by atoms with Crippen LogP contribution in [0.5, 0.6) is 5.88 Å². The van der Waals surface area contributed by atoms with Crippen LogP contribution in [0.4, 0.5) is 0 Å². The Kier molecular flexibility index (Phi) is 2.64. The summed E-state index contributed by atoms with van der Waals surface area (Å²) in [5.74, 6) is -0.0194. The Bertz CT molecular complexity index is 329. The number of aromatic hydroxyl groups is 1. The van der Waals surface area contributed by atoms with Gasteiger partial charge in [-0.15, -0.1) is 11.3 Å². The minimum Gasteiger partial charge on any atom is -0.494 e. The molecule has 0 saturated carbocycles. The van der Waals surface area contributed by atoms with Gasteiger partial charge in [-0.05, 0) is 23.8 Å². The minimum atomic E-state index is -0.546. The van der Waals surface area contributed by atoms with Gasteiger partial charge < -0.3 is 5.11 Å². The molecule has 11 heavy (non-hydrogen) atoms. The molecule has 60 valence electrons. The van der Waals surface area contributed by atoms with Crippen molar-refractivity contribution in [2.75, 3.05) is 0 Å². The number of thiazole rings is 1. The molecule has 0 aliphatic rings. The zero-order valence-corrected chi connectivity index (χ0v) is 7.67. The summed E-state index contributed by atoms with van der Waals surface area (Å²) in [6.45, 7) is -0.0737. The fourth-order valence-corrected chi connectivity index (χ4v) is 1.63. The molecule has 0 amide bonds. The van der Waals surface area contributed by atoms with E-state index in [1.165, 1.54) is 21.3 Å². The van der Waals surface area contributed by atoms with Crippen molar-refractivity contribution in [2.24, 2.45) is 0 Å². The number of hydrogen-bond donors (Lipinski definition) is 1. The number of aromatic nitrogens is 1. The lowest BCUT2D eigenvalue weighted by Gasteiger charge is -1.97. The summed E-state index contributed by atoms with van der Waals surface area (Å²) in [6, 6.07) is 0. The lowest BCUT2D eigenvalue weighted by Crippen LogP contribution is -2.02. The van der Waals surface area contributed by atoms with Gasteiger partial charge >= 0.3 is 0 Å². The van der Waals surface area contributed by atoms with Crippen molar-refractivity contribution >= 4 is 40.4 Å². The Labute approximate surface area is 76.8 Å². The highest BCUT2D eigenvalue weighted by atomic mass is 35.5. The van der Waals surface area contributed by atoms with E-state index in [0.717, 1.165) is 0 Å². The van der Waals surface area contributed by atoms with Crippen LogP contribution in [0.3, 0.4) is 0 Å². The molecule has 1 aromatic rings. The predicted molar refractivity (Wildman–Crippen MR) is 45.7 cm³/mol. The van der Waals surface area contributed by atoms with Gasteiger partial charge in [-0.1, -0.05) is 0 Å². The fraction of sp³-hybridized carbons (Fsp3) is 0.200. The van der Waals surface area contributed by atoms with Gasteiger partial charge in [-0.2, -0.15) is 0 Å². The van der Waals surface area contributed by atoms with E-state index in [2.05, 4.69) is 0 Å². The Morgan fingerprint density at radius 1 is 1.91 bits per heavy atom. The van der Waals surface area contributed by atoms with Crippen molar-refractivity contribution in [2.45, 2.75) is 6.54 Å². The van der Waals surface area contributed by atoms with Gasteiger partial charge in [0.15, 0.2) is 3.95 Å². The Balaban J connectivity index is 3.01. The number of nitrogens with zero attached hydrogens (tertiary/aromatic N) is 1. The summed E-state index contributed by atoms with van der Waals surface area (Å²) in [5, 5.41) is 9.99. The first kappa shape index (κ1) is 8.70. The Morgan fingerprint density at radius 3 is 2.91 bits per heavy atom. The molecule has 0 aliphatic carbocycles. The summed E-state index contributed by atoms with van der Waals surface area (Å²) in [5.41, 5.74) is 0. The molecule has 0 radical (unpaired) electrons. The van der Waals surface area contributed by atoms with Crippen LogP contribution in [-0.2, 0) is 11.3 Å². The van der Waals surface area contributed by atoms with Gasteiger partial charge in [0.2, 0.25) is 11.1 Å². The van der Waals surface area contributed by atoms with Crippen LogP contribution < -0.4 is 0 Å². The molecule has 0 saturated heterocycles. The summed E-state index contributed by atoms with van der Waals surface area (Å²) in [7, 11) is 0. The summed E-state index contributed by atoms with van der Waals surface area (Å²) < 4.78 is 1.71. The minimum absolute atomic E-state index is 0.0194. The molecule has 1 aromatic heterocycles. The van der Waals surface area contributed by atoms with Gasteiger partial charge in [0.25, 0.3) is 0 Å². The van der Waals surface area contributed by atoms with E-state index in [1.54, 1.807) is 0 Å². The normalized spacial score (nSPS) is 9.91. The average Bonchev–Trinajstić information content (AvgIpc) is 2.18. The first-order valence-electron chi connectivity index (χ1n) is 2.67. The molecule has 0 unspecified atom stereocenters. The monoisotopic (exact) mass is 209 g/mol. The molecule has 0 bridgehead atoms. The topological polar surface area (TPSA) is 42.2 Å². The van der Waals surface area contributed by atoms with E-state index in [4.69, 9.17) is 28.9 Å². The number of carbonyl (C=O) groups is 1. The van der Waals surface area contributed by atoms with E-state index in [0.29, 0.717) is 3.95 Å². The van der Waals surface area contributed by atoms with Crippen molar-refractivity contribution < 1.29 is 9.90 Å². The molecule has 0 aliphatic heterocycles. The summed E-state index contributed by atoms with van der Waals surface area (Å²) in [6.07, 6.45) is 0. The van der Waals surface area contributed by atoms with Crippen molar-refractivity contribution in [1.29, 1.82) is 0 Å². The molecule has 3 nitrogen and oxygen atoms in total. The fourth-order valence-electron chi connectivity index (χ4n) is 0.594. The van der Waals surface area contributed by atoms with E-state index in [-0.39, 0.29) is 12.4 Å². The maximum atomic E-state index is 10.4. The first-order chi connectivity index (χ1) is 5.11. The molecule has 0 aromatic carbocycles.